The highest BCUT2D eigenvalue weighted by Crippen LogP contribution is 2.20. The number of hydrogen-bond acceptors (Lipinski definition) is 7. The molecule has 2 N–H and O–H groups in total. The van der Waals surface area contributed by atoms with Gasteiger partial charge in [-0.05, 0) is 24.3 Å². The number of hydrogen-bond donors (Lipinski definition) is 2. The van der Waals surface area contributed by atoms with Crippen molar-refractivity contribution < 1.29 is 27.5 Å². The van der Waals surface area contributed by atoms with Crippen LogP contribution >= 0.6 is 0 Å². The molecule has 0 aliphatic carbocycles. The van der Waals surface area contributed by atoms with E-state index in [0.29, 0.717) is 18.9 Å². The van der Waals surface area contributed by atoms with Crippen molar-refractivity contribution in [3.63, 3.8) is 0 Å². The predicted molar refractivity (Wildman–Crippen MR) is 103 cm³/mol. The predicted octanol–water partition coefficient (Wildman–Crippen LogP) is 0.435. The SMILES string of the molecule is O=C(CN(Cc1ccco1)[C@H]1CS(=O)(=O)C[C@H]1O)NCCOc1ccccc1. The summed E-state index contributed by atoms with van der Waals surface area (Å²) < 4.78 is 34.6. The highest BCUT2D eigenvalue weighted by molar-refractivity contribution is 7.91. The van der Waals surface area contributed by atoms with Crippen LogP contribution < -0.4 is 10.1 Å². The first-order chi connectivity index (χ1) is 13.4. The van der Waals surface area contributed by atoms with Crippen LogP contribution in [0.15, 0.2) is 53.1 Å². The fourth-order valence-corrected chi connectivity index (χ4v) is 5.00. The summed E-state index contributed by atoms with van der Waals surface area (Å²) in [6.45, 7) is 0.809. The van der Waals surface area contributed by atoms with E-state index in [9.17, 15) is 18.3 Å². The number of furan rings is 1. The zero-order valence-corrected chi connectivity index (χ0v) is 16.2. The highest BCUT2D eigenvalue weighted by Gasteiger charge is 2.40. The minimum atomic E-state index is -3.33. The van der Waals surface area contributed by atoms with Gasteiger partial charge in [-0.2, -0.15) is 0 Å². The second-order valence-corrected chi connectivity index (χ2v) is 8.86. The summed E-state index contributed by atoms with van der Waals surface area (Å²) in [5.74, 6) is 0.560. The van der Waals surface area contributed by atoms with Crippen molar-refractivity contribution >= 4 is 15.7 Å². The van der Waals surface area contributed by atoms with Crippen LogP contribution in [0.1, 0.15) is 5.76 Å². The van der Waals surface area contributed by atoms with Crippen LogP contribution in [0.25, 0.3) is 0 Å². The Morgan fingerprint density at radius 2 is 2.00 bits per heavy atom. The van der Waals surface area contributed by atoms with E-state index in [1.165, 1.54) is 6.26 Å². The number of benzene rings is 1. The van der Waals surface area contributed by atoms with E-state index < -0.39 is 22.0 Å². The van der Waals surface area contributed by atoms with Crippen LogP contribution in [0.3, 0.4) is 0 Å². The van der Waals surface area contributed by atoms with Gasteiger partial charge in [-0.15, -0.1) is 0 Å². The van der Waals surface area contributed by atoms with Crippen molar-refractivity contribution in [3.05, 3.63) is 54.5 Å². The van der Waals surface area contributed by atoms with Crippen molar-refractivity contribution in [1.29, 1.82) is 0 Å². The summed E-state index contributed by atoms with van der Waals surface area (Å²) in [6.07, 6.45) is 0.477. The molecule has 2 heterocycles. The Balaban J connectivity index is 1.53. The quantitative estimate of drug-likeness (QED) is 0.579. The third-order valence-electron chi connectivity index (χ3n) is 4.48. The summed E-state index contributed by atoms with van der Waals surface area (Å²) in [5.41, 5.74) is 0. The van der Waals surface area contributed by atoms with Gasteiger partial charge in [-0.25, -0.2) is 8.42 Å². The number of aliphatic hydroxyl groups excluding tert-OH is 1. The number of carbonyl (C=O) groups excluding carboxylic acids is 1. The van der Waals surface area contributed by atoms with Crippen molar-refractivity contribution in [3.8, 4) is 5.75 Å². The van der Waals surface area contributed by atoms with Gasteiger partial charge in [-0.1, -0.05) is 18.2 Å². The fourth-order valence-electron chi connectivity index (χ4n) is 3.17. The summed E-state index contributed by atoms with van der Waals surface area (Å²) >= 11 is 0. The van der Waals surface area contributed by atoms with Crippen LogP contribution in [0.2, 0.25) is 0 Å². The van der Waals surface area contributed by atoms with Crippen molar-refractivity contribution in [2.45, 2.75) is 18.7 Å². The Kier molecular flexibility index (Phi) is 6.71. The molecule has 0 bridgehead atoms. The van der Waals surface area contributed by atoms with Gasteiger partial charge < -0.3 is 19.6 Å². The minimum Gasteiger partial charge on any atom is -0.492 e. The lowest BCUT2D eigenvalue weighted by molar-refractivity contribution is -0.123. The summed E-state index contributed by atoms with van der Waals surface area (Å²) in [5, 5.41) is 12.9. The lowest BCUT2D eigenvalue weighted by Crippen LogP contribution is -2.47. The molecule has 2 aromatic rings. The molecule has 8 nitrogen and oxygen atoms in total. The molecule has 1 aromatic carbocycles. The van der Waals surface area contributed by atoms with Crippen LogP contribution in [0, 0.1) is 0 Å². The fraction of sp³-hybridized carbons (Fsp3) is 0.421. The van der Waals surface area contributed by atoms with Crippen LogP contribution in [-0.2, 0) is 21.2 Å². The molecule has 1 amide bonds. The molecule has 0 spiro atoms. The molecular weight excluding hydrogens is 384 g/mol. The average molecular weight is 408 g/mol. The van der Waals surface area contributed by atoms with E-state index in [1.54, 1.807) is 17.0 Å². The molecule has 0 radical (unpaired) electrons. The van der Waals surface area contributed by atoms with Crippen molar-refractivity contribution in [2.75, 3.05) is 31.2 Å². The number of ether oxygens (including phenoxy) is 1. The second kappa shape index (κ2) is 9.22. The average Bonchev–Trinajstić information content (AvgIpc) is 3.26. The Labute approximate surface area is 164 Å². The van der Waals surface area contributed by atoms with E-state index in [-0.39, 0.29) is 30.5 Å². The summed E-state index contributed by atoms with van der Waals surface area (Å²) in [7, 11) is -3.33. The molecule has 1 saturated heterocycles. The maximum Gasteiger partial charge on any atom is 0.234 e. The molecule has 152 valence electrons. The van der Waals surface area contributed by atoms with Gasteiger partial charge in [0.2, 0.25) is 5.91 Å². The molecule has 1 fully saturated rings. The second-order valence-electron chi connectivity index (χ2n) is 6.71. The Hall–Kier alpha value is -2.36. The number of nitrogens with zero attached hydrogens (tertiary/aromatic N) is 1. The van der Waals surface area contributed by atoms with Crippen LogP contribution in [0.4, 0.5) is 0 Å². The van der Waals surface area contributed by atoms with Gasteiger partial charge in [0, 0.05) is 0 Å². The van der Waals surface area contributed by atoms with Gasteiger partial charge in [0.15, 0.2) is 9.84 Å². The van der Waals surface area contributed by atoms with Crippen molar-refractivity contribution in [1.82, 2.24) is 10.2 Å². The first-order valence-electron chi connectivity index (χ1n) is 9.02. The topological polar surface area (TPSA) is 109 Å². The minimum absolute atomic E-state index is 0.0523. The van der Waals surface area contributed by atoms with Crippen molar-refractivity contribution in [2.24, 2.45) is 0 Å². The van der Waals surface area contributed by atoms with E-state index in [1.807, 2.05) is 30.3 Å². The van der Waals surface area contributed by atoms with E-state index in [4.69, 9.17) is 9.15 Å². The molecule has 0 unspecified atom stereocenters. The van der Waals surface area contributed by atoms with E-state index in [2.05, 4.69) is 5.32 Å². The van der Waals surface area contributed by atoms with E-state index in [0.717, 1.165) is 5.75 Å². The number of amides is 1. The van der Waals surface area contributed by atoms with Gasteiger partial charge in [0.05, 0.1) is 49.5 Å². The molecule has 1 aliphatic heterocycles. The lowest BCUT2D eigenvalue weighted by atomic mass is 10.1. The molecule has 3 rings (SSSR count). The third kappa shape index (κ3) is 5.82. The molecule has 9 heteroatoms. The first kappa shape index (κ1) is 20.4. The largest absolute Gasteiger partial charge is 0.492 e. The molecule has 0 saturated carbocycles. The maximum atomic E-state index is 12.3. The monoisotopic (exact) mass is 408 g/mol. The number of sulfone groups is 1. The number of para-hydroxylation sites is 1. The Morgan fingerprint density at radius 3 is 2.64 bits per heavy atom. The standard InChI is InChI=1S/C19H24N2O6S/c22-18-14-28(24,25)13-17(18)21(11-16-7-4-9-26-16)12-19(23)20-8-10-27-15-5-2-1-3-6-15/h1-7,9,17-18,22H,8,10-14H2,(H,20,23)/t17-,18+/m0/s1. The highest BCUT2D eigenvalue weighted by atomic mass is 32.2. The Bertz CT molecular complexity index is 854. The maximum absolute atomic E-state index is 12.3. The zero-order valence-electron chi connectivity index (χ0n) is 15.4. The third-order valence-corrected chi connectivity index (χ3v) is 6.18. The van der Waals surface area contributed by atoms with Gasteiger partial charge >= 0.3 is 0 Å². The molecule has 28 heavy (non-hydrogen) atoms. The van der Waals surface area contributed by atoms with Gasteiger partial charge in [0.25, 0.3) is 0 Å². The van der Waals surface area contributed by atoms with Gasteiger partial charge in [-0.3, -0.25) is 9.69 Å². The normalized spacial score (nSPS) is 20.9. The number of nitrogens with one attached hydrogen (secondary N) is 1. The number of aliphatic hydroxyl groups is 1. The molecule has 2 atom stereocenters. The lowest BCUT2D eigenvalue weighted by Gasteiger charge is -2.28. The summed E-state index contributed by atoms with van der Waals surface area (Å²) in [4.78, 5) is 14.0. The summed E-state index contributed by atoms with van der Waals surface area (Å²) in [6, 6.07) is 12.1. The van der Waals surface area contributed by atoms with Crippen LogP contribution in [-0.4, -0.2) is 67.7 Å². The molecule has 1 aromatic heterocycles. The number of rotatable bonds is 9. The smallest absolute Gasteiger partial charge is 0.234 e. The first-order valence-corrected chi connectivity index (χ1v) is 10.8. The van der Waals surface area contributed by atoms with Gasteiger partial charge in [0.1, 0.15) is 18.1 Å². The Morgan fingerprint density at radius 1 is 1.21 bits per heavy atom. The molecule has 1 aliphatic rings. The zero-order chi connectivity index (χ0) is 20.0. The van der Waals surface area contributed by atoms with Crippen LogP contribution in [0.5, 0.6) is 5.75 Å². The van der Waals surface area contributed by atoms with E-state index >= 15 is 0 Å². The molecular formula is C19H24N2O6S. The number of carbonyl (C=O) groups is 1.